The molecule has 0 aliphatic rings. The highest BCUT2D eigenvalue weighted by molar-refractivity contribution is 14.0. The van der Waals surface area contributed by atoms with Gasteiger partial charge in [-0.3, -0.25) is 9.67 Å². The van der Waals surface area contributed by atoms with Gasteiger partial charge in [0.1, 0.15) is 0 Å². The van der Waals surface area contributed by atoms with Crippen LogP contribution in [0.1, 0.15) is 18.1 Å². The van der Waals surface area contributed by atoms with Crippen molar-refractivity contribution in [1.82, 2.24) is 25.4 Å². The molecule has 2 aromatic heterocycles. The average molecular weight is 480 g/mol. The van der Waals surface area contributed by atoms with Gasteiger partial charge in [-0.15, -0.1) is 24.0 Å². The number of rotatable bonds is 7. The zero-order valence-electron chi connectivity index (χ0n) is 16.2. The molecule has 1 unspecified atom stereocenters. The first-order valence-corrected chi connectivity index (χ1v) is 9.14. The number of H-pyrrole nitrogens is 1. The molecule has 0 amide bonds. The highest BCUT2D eigenvalue weighted by Gasteiger charge is 2.07. The van der Waals surface area contributed by atoms with E-state index in [1.165, 1.54) is 22.0 Å². The van der Waals surface area contributed by atoms with Crippen molar-refractivity contribution in [2.75, 3.05) is 20.1 Å². The van der Waals surface area contributed by atoms with Crippen LogP contribution in [0.2, 0.25) is 0 Å². The number of nitrogens with one attached hydrogen (secondary N) is 3. The van der Waals surface area contributed by atoms with Gasteiger partial charge < -0.3 is 15.6 Å². The minimum atomic E-state index is 0. The number of aromatic amines is 1. The van der Waals surface area contributed by atoms with Crippen molar-refractivity contribution < 1.29 is 0 Å². The lowest BCUT2D eigenvalue weighted by atomic mass is 10.1. The number of aliphatic imine (C=N–C) groups is 1. The summed E-state index contributed by atoms with van der Waals surface area (Å²) in [5.41, 5.74) is 3.81. The molecule has 1 atom stereocenters. The van der Waals surface area contributed by atoms with Crippen LogP contribution in [0.15, 0.2) is 47.8 Å². The van der Waals surface area contributed by atoms with E-state index in [4.69, 9.17) is 0 Å². The van der Waals surface area contributed by atoms with Gasteiger partial charge in [0, 0.05) is 56.2 Å². The zero-order chi connectivity index (χ0) is 18.4. The number of aryl methyl sites for hydroxylation is 1. The first-order valence-electron chi connectivity index (χ1n) is 9.14. The van der Waals surface area contributed by atoms with Gasteiger partial charge in [-0.2, -0.15) is 5.10 Å². The number of fused-ring (bicyclic) bond motifs is 1. The molecule has 6 nitrogen and oxygen atoms in total. The topological polar surface area (TPSA) is 70.0 Å². The largest absolute Gasteiger partial charge is 0.361 e. The van der Waals surface area contributed by atoms with Crippen LogP contribution < -0.4 is 10.6 Å². The van der Waals surface area contributed by atoms with Crippen LogP contribution in [-0.2, 0) is 13.0 Å². The quantitative estimate of drug-likeness (QED) is 0.276. The molecule has 0 radical (unpaired) electrons. The molecule has 3 N–H and O–H groups in total. The first kappa shape index (κ1) is 21.3. The maximum Gasteiger partial charge on any atom is 0.190 e. The fourth-order valence-electron chi connectivity index (χ4n) is 3.11. The van der Waals surface area contributed by atoms with Gasteiger partial charge in [0.25, 0.3) is 0 Å². The van der Waals surface area contributed by atoms with Crippen LogP contribution >= 0.6 is 24.0 Å². The van der Waals surface area contributed by atoms with E-state index >= 15 is 0 Å². The number of nitrogens with zero attached hydrogens (tertiary/aromatic N) is 3. The van der Waals surface area contributed by atoms with Gasteiger partial charge in [-0.05, 0) is 42.5 Å². The summed E-state index contributed by atoms with van der Waals surface area (Å²) in [6.07, 6.45) is 6.86. The minimum absolute atomic E-state index is 0. The lowest BCUT2D eigenvalue weighted by Crippen LogP contribution is -2.40. The molecule has 0 spiro atoms. The summed E-state index contributed by atoms with van der Waals surface area (Å²) in [4.78, 5) is 7.67. The van der Waals surface area contributed by atoms with E-state index in [1.807, 2.05) is 30.2 Å². The zero-order valence-corrected chi connectivity index (χ0v) is 18.5. The second-order valence-electron chi connectivity index (χ2n) is 6.83. The maximum atomic E-state index is 4.31. The second kappa shape index (κ2) is 10.3. The van der Waals surface area contributed by atoms with E-state index in [0.29, 0.717) is 5.92 Å². The van der Waals surface area contributed by atoms with Crippen molar-refractivity contribution >= 4 is 40.8 Å². The third kappa shape index (κ3) is 5.98. The molecule has 2 heterocycles. The highest BCUT2D eigenvalue weighted by atomic mass is 127. The molecule has 146 valence electrons. The van der Waals surface area contributed by atoms with Crippen LogP contribution in [0.5, 0.6) is 0 Å². The molecule has 0 aliphatic heterocycles. The maximum absolute atomic E-state index is 4.31. The number of halogens is 1. The summed E-state index contributed by atoms with van der Waals surface area (Å²) in [5.74, 6) is 1.30. The van der Waals surface area contributed by atoms with Gasteiger partial charge in [-0.25, -0.2) is 0 Å². The molecular weight excluding hydrogens is 451 g/mol. The second-order valence-corrected chi connectivity index (χ2v) is 6.83. The van der Waals surface area contributed by atoms with Gasteiger partial charge >= 0.3 is 0 Å². The number of guanidine groups is 1. The van der Waals surface area contributed by atoms with E-state index in [9.17, 15) is 0 Å². The summed E-state index contributed by atoms with van der Waals surface area (Å²) in [6.45, 7) is 6.91. The lowest BCUT2D eigenvalue weighted by Gasteiger charge is -2.16. The minimum Gasteiger partial charge on any atom is -0.361 e. The highest BCUT2D eigenvalue weighted by Crippen LogP contribution is 2.19. The van der Waals surface area contributed by atoms with Crippen LogP contribution in [0.25, 0.3) is 10.9 Å². The van der Waals surface area contributed by atoms with Gasteiger partial charge in [-0.1, -0.05) is 19.1 Å². The third-order valence-electron chi connectivity index (χ3n) is 4.51. The average Bonchev–Trinajstić information content (AvgIpc) is 3.27. The molecule has 7 heteroatoms. The lowest BCUT2D eigenvalue weighted by molar-refractivity contribution is 0.443. The van der Waals surface area contributed by atoms with E-state index in [2.05, 4.69) is 64.0 Å². The van der Waals surface area contributed by atoms with Gasteiger partial charge in [0.05, 0.1) is 0 Å². The summed E-state index contributed by atoms with van der Waals surface area (Å²) < 4.78 is 1.96. The Bertz CT molecular complexity index is 853. The predicted octanol–water partition coefficient (Wildman–Crippen LogP) is 3.33. The molecule has 0 bridgehead atoms. The van der Waals surface area contributed by atoms with Crippen LogP contribution in [0.3, 0.4) is 0 Å². The van der Waals surface area contributed by atoms with Crippen LogP contribution in [0, 0.1) is 12.8 Å². The summed E-state index contributed by atoms with van der Waals surface area (Å²) >= 11 is 0. The number of aromatic nitrogens is 3. The normalized spacial score (nSPS) is 12.6. The molecular formula is C20H29IN6. The first-order chi connectivity index (χ1) is 12.7. The van der Waals surface area contributed by atoms with E-state index in [-0.39, 0.29) is 24.0 Å². The Morgan fingerprint density at radius 1 is 1.33 bits per heavy atom. The summed E-state index contributed by atoms with van der Waals surface area (Å²) in [5, 5.41) is 12.3. The predicted molar refractivity (Wildman–Crippen MR) is 123 cm³/mol. The molecule has 0 fully saturated rings. The number of benzene rings is 1. The summed E-state index contributed by atoms with van der Waals surface area (Å²) in [7, 11) is 1.81. The molecule has 3 rings (SSSR count). The molecule has 3 aromatic rings. The standard InChI is InChI=1S/C20H28N6.HI/c1-15-5-6-18-17(13-23-19(18)11-15)7-9-22-20(21-3)24-12-16(2)14-26-10-4-8-25-26;/h4-6,8,10-11,13,16,23H,7,9,12,14H2,1-3H3,(H2,21,22,24);1H. The fourth-order valence-corrected chi connectivity index (χ4v) is 3.11. The molecule has 0 saturated carbocycles. The van der Waals surface area contributed by atoms with Crippen LogP contribution in [0.4, 0.5) is 0 Å². The molecule has 0 saturated heterocycles. The van der Waals surface area contributed by atoms with E-state index < -0.39 is 0 Å². The Hall–Kier alpha value is -2.03. The smallest absolute Gasteiger partial charge is 0.190 e. The molecule has 1 aromatic carbocycles. The molecule has 27 heavy (non-hydrogen) atoms. The van der Waals surface area contributed by atoms with E-state index in [0.717, 1.165) is 32.0 Å². The Morgan fingerprint density at radius 3 is 2.93 bits per heavy atom. The van der Waals surface area contributed by atoms with Crippen molar-refractivity contribution in [2.45, 2.75) is 26.8 Å². The SMILES string of the molecule is CN=C(NCCc1c[nH]c2cc(C)ccc12)NCC(C)Cn1cccn1.I. The third-order valence-corrected chi connectivity index (χ3v) is 4.51. The number of hydrogen-bond donors (Lipinski definition) is 3. The van der Waals surface area contributed by atoms with Crippen molar-refractivity contribution in [3.63, 3.8) is 0 Å². The van der Waals surface area contributed by atoms with Crippen LogP contribution in [-0.4, -0.2) is 40.9 Å². The number of hydrogen-bond acceptors (Lipinski definition) is 2. The van der Waals surface area contributed by atoms with Crippen molar-refractivity contribution in [3.8, 4) is 0 Å². The van der Waals surface area contributed by atoms with E-state index in [1.54, 1.807) is 0 Å². The Kier molecular flexibility index (Phi) is 8.15. The van der Waals surface area contributed by atoms with Gasteiger partial charge in [0.15, 0.2) is 5.96 Å². The monoisotopic (exact) mass is 480 g/mol. The van der Waals surface area contributed by atoms with Crippen molar-refractivity contribution in [1.29, 1.82) is 0 Å². The molecule has 0 aliphatic carbocycles. The van der Waals surface area contributed by atoms with Crippen molar-refractivity contribution in [2.24, 2.45) is 10.9 Å². The Morgan fingerprint density at radius 2 is 2.19 bits per heavy atom. The van der Waals surface area contributed by atoms with Gasteiger partial charge in [0.2, 0.25) is 0 Å². The van der Waals surface area contributed by atoms with Crippen molar-refractivity contribution in [3.05, 3.63) is 54.0 Å². The fraction of sp³-hybridized carbons (Fsp3) is 0.400. The Labute approximate surface area is 177 Å². The Balaban J connectivity index is 0.00000261. The summed E-state index contributed by atoms with van der Waals surface area (Å²) in [6, 6.07) is 8.50.